The molecule has 1 aromatic rings. The number of anilines is 1. The zero-order valence-corrected chi connectivity index (χ0v) is 11.9. The highest BCUT2D eigenvalue weighted by Crippen LogP contribution is 2.28. The van der Waals surface area contributed by atoms with Gasteiger partial charge in [0.15, 0.2) is 0 Å². The number of nitrogens with zero attached hydrogens (tertiary/aromatic N) is 1. The smallest absolute Gasteiger partial charge is 0.242 e. The lowest BCUT2D eigenvalue weighted by molar-refractivity contribution is 0.520. The van der Waals surface area contributed by atoms with E-state index >= 15 is 0 Å². The molecule has 0 unspecified atom stereocenters. The summed E-state index contributed by atoms with van der Waals surface area (Å²) in [6.45, 7) is 2.09. The highest BCUT2D eigenvalue weighted by Gasteiger charge is 2.17. The summed E-state index contributed by atoms with van der Waals surface area (Å²) >= 11 is 1.64. The molecule has 0 aliphatic heterocycles. The summed E-state index contributed by atoms with van der Waals surface area (Å²) in [6, 6.07) is 4.89. The lowest BCUT2D eigenvalue weighted by Crippen LogP contribution is -2.22. The van der Waals surface area contributed by atoms with E-state index in [1.54, 1.807) is 23.9 Å². The first-order chi connectivity index (χ1) is 7.89. The van der Waals surface area contributed by atoms with E-state index in [-0.39, 0.29) is 4.90 Å². The lowest BCUT2D eigenvalue weighted by Gasteiger charge is -2.13. The first kappa shape index (κ1) is 14.3. The van der Waals surface area contributed by atoms with Gasteiger partial charge < -0.3 is 5.73 Å². The van der Waals surface area contributed by atoms with E-state index in [2.05, 4.69) is 6.92 Å². The second kappa shape index (κ2) is 5.75. The first-order valence-corrected chi connectivity index (χ1v) is 7.77. The number of rotatable bonds is 5. The fraction of sp³-hybridized carbons (Fsp3) is 0.455. The number of nitrogens with two attached hydrogens (primary N) is 1. The van der Waals surface area contributed by atoms with E-state index in [1.807, 2.05) is 0 Å². The molecule has 96 valence electrons. The Labute approximate surface area is 107 Å². The lowest BCUT2D eigenvalue weighted by atomic mass is 10.3. The Morgan fingerprint density at radius 3 is 2.47 bits per heavy atom. The molecule has 0 aromatic heterocycles. The topological polar surface area (TPSA) is 63.4 Å². The third-order valence-corrected chi connectivity index (χ3v) is 5.33. The minimum atomic E-state index is -3.39. The van der Waals surface area contributed by atoms with Crippen molar-refractivity contribution in [2.24, 2.45) is 0 Å². The van der Waals surface area contributed by atoms with E-state index in [4.69, 9.17) is 5.73 Å². The van der Waals surface area contributed by atoms with Gasteiger partial charge in [0.25, 0.3) is 0 Å². The van der Waals surface area contributed by atoms with Crippen LogP contribution in [0.5, 0.6) is 0 Å². The minimum absolute atomic E-state index is 0.237. The summed E-state index contributed by atoms with van der Waals surface area (Å²) in [7, 11) is -0.382. The summed E-state index contributed by atoms with van der Waals surface area (Å²) in [5, 5.41) is 0. The van der Waals surface area contributed by atoms with Crippen molar-refractivity contribution in [2.45, 2.75) is 23.1 Å². The number of hydrogen-bond donors (Lipinski definition) is 1. The summed E-state index contributed by atoms with van der Waals surface area (Å²) < 4.78 is 24.9. The second-order valence-corrected chi connectivity index (χ2v) is 7.12. The van der Waals surface area contributed by atoms with Crippen molar-refractivity contribution in [3.63, 3.8) is 0 Å². The molecule has 0 aliphatic rings. The maximum Gasteiger partial charge on any atom is 0.242 e. The third-order valence-electron chi connectivity index (χ3n) is 2.22. The Morgan fingerprint density at radius 1 is 1.35 bits per heavy atom. The molecule has 0 saturated heterocycles. The maximum absolute atomic E-state index is 11.9. The molecule has 1 aromatic carbocycles. The van der Waals surface area contributed by atoms with Crippen LogP contribution < -0.4 is 5.73 Å². The summed E-state index contributed by atoms with van der Waals surface area (Å²) in [5.74, 6) is 0.976. The van der Waals surface area contributed by atoms with Crippen molar-refractivity contribution in [1.82, 2.24) is 4.31 Å². The molecule has 0 saturated carbocycles. The number of sulfonamides is 1. The van der Waals surface area contributed by atoms with Crippen LogP contribution in [-0.2, 0) is 10.0 Å². The SMILES string of the molecule is CCCSc1ccc(S(=O)(=O)N(C)C)cc1N. The van der Waals surface area contributed by atoms with Crippen LogP contribution in [0.3, 0.4) is 0 Å². The monoisotopic (exact) mass is 274 g/mol. The van der Waals surface area contributed by atoms with Crippen LogP contribution in [0.4, 0.5) is 5.69 Å². The average Bonchev–Trinajstić information content (AvgIpc) is 2.27. The van der Waals surface area contributed by atoms with Crippen molar-refractivity contribution in [1.29, 1.82) is 0 Å². The van der Waals surface area contributed by atoms with Crippen LogP contribution in [-0.4, -0.2) is 32.6 Å². The van der Waals surface area contributed by atoms with E-state index in [0.29, 0.717) is 5.69 Å². The predicted molar refractivity (Wildman–Crippen MR) is 72.7 cm³/mol. The zero-order chi connectivity index (χ0) is 13.1. The molecular formula is C11H18N2O2S2. The molecule has 0 amide bonds. The van der Waals surface area contributed by atoms with Crippen LogP contribution in [0.25, 0.3) is 0 Å². The Kier molecular flexibility index (Phi) is 4.85. The first-order valence-electron chi connectivity index (χ1n) is 5.34. The quantitative estimate of drug-likeness (QED) is 0.659. The summed E-state index contributed by atoms with van der Waals surface area (Å²) in [5.41, 5.74) is 6.37. The molecule has 4 nitrogen and oxygen atoms in total. The van der Waals surface area contributed by atoms with Crippen LogP contribution in [0.1, 0.15) is 13.3 Å². The molecular weight excluding hydrogens is 256 g/mol. The Hall–Kier alpha value is -0.720. The third kappa shape index (κ3) is 3.37. The van der Waals surface area contributed by atoms with E-state index < -0.39 is 10.0 Å². The minimum Gasteiger partial charge on any atom is -0.398 e. The number of benzene rings is 1. The van der Waals surface area contributed by atoms with Crippen LogP contribution in [0.15, 0.2) is 28.0 Å². The summed E-state index contributed by atoms with van der Waals surface area (Å²) in [6.07, 6.45) is 1.06. The van der Waals surface area contributed by atoms with Gasteiger partial charge in [-0.1, -0.05) is 6.92 Å². The fourth-order valence-corrected chi connectivity index (χ4v) is 2.99. The zero-order valence-electron chi connectivity index (χ0n) is 10.3. The van der Waals surface area contributed by atoms with Gasteiger partial charge in [0.2, 0.25) is 10.0 Å². The fourth-order valence-electron chi connectivity index (χ4n) is 1.24. The molecule has 6 heteroatoms. The number of nitrogen functional groups attached to an aromatic ring is 1. The molecule has 17 heavy (non-hydrogen) atoms. The Balaban J connectivity index is 3.05. The molecule has 0 fully saturated rings. The van der Waals surface area contributed by atoms with Crippen LogP contribution >= 0.6 is 11.8 Å². The molecule has 0 atom stereocenters. The van der Waals surface area contributed by atoms with Crippen molar-refractivity contribution >= 4 is 27.5 Å². The highest BCUT2D eigenvalue weighted by atomic mass is 32.2. The van der Waals surface area contributed by atoms with Gasteiger partial charge >= 0.3 is 0 Å². The molecule has 1 rings (SSSR count). The van der Waals surface area contributed by atoms with E-state index in [9.17, 15) is 8.42 Å². The van der Waals surface area contributed by atoms with Crippen LogP contribution in [0, 0.1) is 0 Å². The van der Waals surface area contributed by atoms with Crippen molar-refractivity contribution in [3.8, 4) is 0 Å². The Bertz CT molecular complexity index is 484. The standard InChI is InChI=1S/C11H18N2O2S2/c1-4-7-16-11-6-5-9(8-10(11)12)17(14,15)13(2)3/h5-6,8H,4,7,12H2,1-3H3. The van der Waals surface area contributed by atoms with Crippen molar-refractivity contribution in [3.05, 3.63) is 18.2 Å². The normalized spacial score (nSPS) is 12.0. The number of hydrogen-bond acceptors (Lipinski definition) is 4. The maximum atomic E-state index is 11.9. The van der Waals surface area contributed by atoms with Gasteiger partial charge in [-0.15, -0.1) is 11.8 Å². The van der Waals surface area contributed by atoms with Gasteiger partial charge in [0.05, 0.1) is 4.90 Å². The van der Waals surface area contributed by atoms with Gasteiger partial charge in [-0.05, 0) is 30.4 Å². The average molecular weight is 274 g/mol. The Morgan fingerprint density at radius 2 is 2.00 bits per heavy atom. The molecule has 0 heterocycles. The van der Waals surface area contributed by atoms with Crippen molar-refractivity contribution in [2.75, 3.05) is 25.6 Å². The van der Waals surface area contributed by atoms with E-state index in [1.165, 1.54) is 24.5 Å². The molecule has 0 radical (unpaired) electrons. The van der Waals surface area contributed by atoms with Gasteiger partial charge in [0, 0.05) is 24.7 Å². The van der Waals surface area contributed by atoms with E-state index in [0.717, 1.165) is 17.1 Å². The van der Waals surface area contributed by atoms with Crippen LogP contribution in [0.2, 0.25) is 0 Å². The second-order valence-electron chi connectivity index (χ2n) is 3.84. The summed E-state index contributed by atoms with van der Waals surface area (Å²) in [4.78, 5) is 1.17. The van der Waals surface area contributed by atoms with Gasteiger partial charge in [-0.3, -0.25) is 0 Å². The van der Waals surface area contributed by atoms with Gasteiger partial charge in [-0.25, -0.2) is 12.7 Å². The predicted octanol–water partition coefficient (Wildman–Crippen LogP) is 2.02. The largest absolute Gasteiger partial charge is 0.398 e. The van der Waals surface area contributed by atoms with Crippen molar-refractivity contribution < 1.29 is 8.42 Å². The number of thioether (sulfide) groups is 1. The molecule has 0 aliphatic carbocycles. The molecule has 0 bridgehead atoms. The van der Waals surface area contributed by atoms with Gasteiger partial charge in [-0.2, -0.15) is 0 Å². The molecule has 2 N–H and O–H groups in total. The van der Waals surface area contributed by atoms with Gasteiger partial charge in [0.1, 0.15) is 0 Å². The molecule has 0 spiro atoms. The highest BCUT2D eigenvalue weighted by molar-refractivity contribution is 7.99.